The third-order valence-corrected chi connectivity index (χ3v) is 4.15. The summed E-state index contributed by atoms with van der Waals surface area (Å²) in [6.07, 6.45) is 1.07. The van der Waals surface area contributed by atoms with E-state index in [9.17, 15) is 0 Å². The van der Waals surface area contributed by atoms with Crippen LogP contribution in [0.15, 0.2) is 72.8 Å². The molecule has 0 N–H and O–H groups in total. The van der Waals surface area contributed by atoms with E-state index in [2.05, 4.69) is 91.2 Å². The Bertz CT molecular complexity index is 722. The van der Waals surface area contributed by atoms with Crippen molar-refractivity contribution in [3.63, 3.8) is 0 Å². The second-order valence-electron chi connectivity index (χ2n) is 5.78. The van der Waals surface area contributed by atoms with Crippen LogP contribution < -0.4 is 4.57 Å². The summed E-state index contributed by atoms with van der Waals surface area (Å²) in [6.45, 7) is 5.42. The first kappa shape index (κ1) is 14.5. The molecule has 0 saturated heterocycles. The molecule has 2 aromatic carbocycles. The first-order valence-electron chi connectivity index (χ1n) is 7.84. The fourth-order valence-electron chi connectivity index (χ4n) is 2.96. The average molecular weight is 288 g/mol. The summed E-state index contributed by atoms with van der Waals surface area (Å²) in [5.41, 5.74) is 6.60. The third kappa shape index (κ3) is 3.25. The monoisotopic (exact) mass is 288 g/mol. The summed E-state index contributed by atoms with van der Waals surface area (Å²) in [4.78, 5) is 0. The SMILES string of the molecule is Cc1cc(-c2ccccc2)cc(C)[n+]1CCc1ccccc1. The number of hydrogen-bond acceptors (Lipinski definition) is 0. The van der Waals surface area contributed by atoms with Gasteiger partial charge in [-0.1, -0.05) is 60.7 Å². The van der Waals surface area contributed by atoms with Crippen molar-refractivity contribution in [2.24, 2.45) is 0 Å². The predicted molar refractivity (Wildman–Crippen MR) is 91.7 cm³/mol. The Kier molecular flexibility index (Phi) is 4.34. The largest absolute Gasteiger partial charge is 0.200 e. The Morgan fingerprint density at radius 3 is 1.82 bits per heavy atom. The lowest BCUT2D eigenvalue weighted by Crippen LogP contribution is -2.41. The molecule has 3 rings (SSSR count). The maximum absolute atomic E-state index is 2.40. The van der Waals surface area contributed by atoms with Crippen molar-refractivity contribution in [1.29, 1.82) is 0 Å². The Labute approximate surface area is 132 Å². The minimum atomic E-state index is 1.02. The van der Waals surface area contributed by atoms with Crippen molar-refractivity contribution in [2.75, 3.05) is 0 Å². The molecular weight excluding hydrogens is 266 g/mol. The summed E-state index contributed by atoms with van der Waals surface area (Å²) >= 11 is 0. The van der Waals surface area contributed by atoms with Gasteiger partial charge in [-0.2, -0.15) is 4.57 Å². The topological polar surface area (TPSA) is 3.88 Å². The van der Waals surface area contributed by atoms with Gasteiger partial charge in [-0.05, 0) is 16.7 Å². The standard InChI is InChI=1S/C21H22N/c1-17-15-21(20-11-7-4-8-12-20)16-18(2)22(17)14-13-19-9-5-3-6-10-19/h3-12,15-16H,13-14H2,1-2H3/q+1. The molecule has 0 aliphatic carbocycles. The van der Waals surface area contributed by atoms with Crippen molar-refractivity contribution < 1.29 is 4.57 Å². The molecule has 110 valence electrons. The van der Waals surface area contributed by atoms with Crippen LogP contribution >= 0.6 is 0 Å². The van der Waals surface area contributed by atoms with Crippen LogP contribution in [0.2, 0.25) is 0 Å². The highest BCUT2D eigenvalue weighted by Crippen LogP contribution is 2.19. The van der Waals surface area contributed by atoms with E-state index in [0.717, 1.165) is 13.0 Å². The van der Waals surface area contributed by atoms with Crippen molar-refractivity contribution >= 4 is 0 Å². The van der Waals surface area contributed by atoms with Gasteiger partial charge in [0.05, 0.1) is 0 Å². The highest BCUT2D eigenvalue weighted by atomic mass is 15.0. The predicted octanol–water partition coefficient (Wildman–Crippen LogP) is 4.50. The fourth-order valence-corrected chi connectivity index (χ4v) is 2.96. The quantitative estimate of drug-likeness (QED) is 0.622. The summed E-state index contributed by atoms with van der Waals surface area (Å²) in [5, 5.41) is 0. The zero-order valence-corrected chi connectivity index (χ0v) is 13.3. The van der Waals surface area contributed by atoms with Crippen LogP contribution in [0.4, 0.5) is 0 Å². The lowest BCUT2D eigenvalue weighted by atomic mass is 10.0. The molecule has 0 fully saturated rings. The zero-order chi connectivity index (χ0) is 15.4. The summed E-state index contributed by atoms with van der Waals surface area (Å²) in [5.74, 6) is 0. The Hall–Kier alpha value is -2.41. The second-order valence-corrected chi connectivity index (χ2v) is 5.78. The van der Waals surface area contributed by atoms with Crippen molar-refractivity contribution in [1.82, 2.24) is 0 Å². The molecule has 0 unspecified atom stereocenters. The van der Waals surface area contributed by atoms with Crippen LogP contribution in [0.3, 0.4) is 0 Å². The maximum atomic E-state index is 2.40. The van der Waals surface area contributed by atoms with Gasteiger partial charge in [-0.3, -0.25) is 0 Å². The number of hydrogen-bond donors (Lipinski definition) is 0. The van der Waals surface area contributed by atoms with E-state index in [0.29, 0.717) is 0 Å². The van der Waals surface area contributed by atoms with Gasteiger partial charge in [-0.15, -0.1) is 0 Å². The number of benzene rings is 2. The minimum absolute atomic E-state index is 1.02. The number of aromatic nitrogens is 1. The molecule has 22 heavy (non-hydrogen) atoms. The van der Waals surface area contributed by atoms with E-state index in [-0.39, 0.29) is 0 Å². The van der Waals surface area contributed by atoms with Gasteiger partial charge in [0.2, 0.25) is 0 Å². The number of aryl methyl sites for hydroxylation is 3. The second kappa shape index (κ2) is 6.57. The van der Waals surface area contributed by atoms with Crippen LogP contribution in [0.25, 0.3) is 11.1 Å². The van der Waals surface area contributed by atoms with Crippen LogP contribution in [-0.2, 0) is 13.0 Å². The first-order chi connectivity index (χ1) is 10.7. The van der Waals surface area contributed by atoms with E-state index in [1.807, 2.05) is 0 Å². The Balaban J connectivity index is 1.84. The number of nitrogens with zero attached hydrogens (tertiary/aromatic N) is 1. The lowest BCUT2D eigenvalue weighted by molar-refractivity contribution is -0.708. The van der Waals surface area contributed by atoms with Gasteiger partial charge in [-0.25, -0.2) is 0 Å². The summed E-state index contributed by atoms with van der Waals surface area (Å²) < 4.78 is 2.40. The molecule has 1 heterocycles. The molecule has 1 nitrogen and oxygen atoms in total. The van der Waals surface area contributed by atoms with Crippen LogP contribution in [0, 0.1) is 13.8 Å². The Morgan fingerprint density at radius 2 is 1.23 bits per heavy atom. The van der Waals surface area contributed by atoms with Gasteiger partial charge in [0.1, 0.15) is 0 Å². The summed E-state index contributed by atoms with van der Waals surface area (Å²) in [6, 6.07) is 25.8. The molecule has 0 aliphatic rings. The smallest absolute Gasteiger partial charge is 0.179 e. The molecule has 0 saturated carbocycles. The van der Waals surface area contributed by atoms with E-state index >= 15 is 0 Å². The molecular formula is C21H22N+. The molecule has 0 atom stereocenters. The molecule has 0 aliphatic heterocycles. The van der Waals surface area contributed by atoms with Gasteiger partial charge >= 0.3 is 0 Å². The first-order valence-corrected chi connectivity index (χ1v) is 7.84. The van der Waals surface area contributed by atoms with Gasteiger partial charge in [0.15, 0.2) is 17.9 Å². The summed E-state index contributed by atoms with van der Waals surface area (Å²) in [7, 11) is 0. The molecule has 0 amide bonds. The Morgan fingerprint density at radius 1 is 0.682 bits per heavy atom. The minimum Gasteiger partial charge on any atom is -0.200 e. The van der Waals surface area contributed by atoms with E-state index < -0.39 is 0 Å². The van der Waals surface area contributed by atoms with Gasteiger partial charge in [0, 0.05) is 32.4 Å². The molecule has 3 aromatic rings. The third-order valence-electron chi connectivity index (χ3n) is 4.15. The molecule has 1 aromatic heterocycles. The van der Waals surface area contributed by atoms with E-state index in [4.69, 9.17) is 0 Å². The normalized spacial score (nSPS) is 10.6. The average Bonchev–Trinajstić information content (AvgIpc) is 2.56. The number of rotatable bonds is 4. The van der Waals surface area contributed by atoms with Crippen molar-refractivity contribution in [3.05, 3.63) is 89.7 Å². The zero-order valence-electron chi connectivity index (χ0n) is 13.3. The van der Waals surface area contributed by atoms with Crippen LogP contribution in [-0.4, -0.2) is 0 Å². The highest BCUT2D eigenvalue weighted by molar-refractivity contribution is 5.63. The van der Waals surface area contributed by atoms with E-state index in [1.54, 1.807) is 0 Å². The van der Waals surface area contributed by atoms with E-state index in [1.165, 1.54) is 28.1 Å². The van der Waals surface area contributed by atoms with Crippen molar-refractivity contribution in [3.8, 4) is 11.1 Å². The number of pyridine rings is 1. The van der Waals surface area contributed by atoms with Gasteiger partial charge in [0.25, 0.3) is 0 Å². The highest BCUT2D eigenvalue weighted by Gasteiger charge is 2.13. The lowest BCUT2D eigenvalue weighted by Gasteiger charge is -2.08. The van der Waals surface area contributed by atoms with Gasteiger partial charge < -0.3 is 0 Å². The van der Waals surface area contributed by atoms with Crippen LogP contribution in [0.1, 0.15) is 17.0 Å². The molecule has 0 bridgehead atoms. The molecule has 0 spiro atoms. The maximum Gasteiger partial charge on any atom is 0.179 e. The van der Waals surface area contributed by atoms with Crippen LogP contribution in [0.5, 0.6) is 0 Å². The fraction of sp³-hybridized carbons (Fsp3) is 0.190. The van der Waals surface area contributed by atoms with Crippen molar-refractivity contribution in [2.45, 2.75) is 26.8 Å². The molecule has 0 radical (unpaired) electrons. The molecule has 1 heteroatoms.